The van der Waals surface area contributed by atoms with Gasteiger partial charge in [-0.25, -0.2) is 0 Å². The molecule has 0 fully saturated rings. The van der Waals surface area contributed by atoms with Crippen LogP contribution >= 0.6 is 0 Å². The maximum Gasteiger partial charge on any atom is 0.306 e. The topological polar surface area (TPSA) is 78.9 Å². The summed E-state index contributed by atoms with van der Waals surface area (Å²) in [5.41, 5.74) is 0. The molecule has 0 aliphatic carbocycles. The van der Waals surface area contributed by atoms with Crippen LogP contribution in [0.15, 0.2) is 146 Å². The van der Waals surface area contributed by atoms with Crippen LogP contribution in [0.5, 0.6) is 0 Å². The van der Waals surface area contributed by atoms with E-state index in [4.69, 9.17) is 14.2 Å². The average molecular weight is 1150 g/mol. The van der Waals surface area contributed by atoms with E-state index in [0.717, 1.165) is 161 Å². The van der Waals surface area contributed by atoms with Crippen LogP contribution in [0.25, 0.3) is 0 Å². The van der Waals surface area contributed by atoms with Crippen molar-refractivity contribution in [2.45, 2.75) is 309 Å². The summed E-state index contributed by atoms with van der Waals surface area (Å²) in [5.74, 6) is -0.942. The molecule has 0 aromatic heterocycles. The normalized spacial score (nSPS) is 13.0. The van der Waals surface area contributed by atoms with Crippen molar-refractivity contribution in [3.63, 3.8) is 0 Å². The minimum atomic E-state index is -0.809. The van der Waals surface area contributed by atoms with E-state index in [1.165, 1.54) is 103 Å². The first-order chi connectivity index (χ1) is 41.0. The van der Waals surface area contributed by atoms with Gasteiger partial charge in [0.05, 0.1) is 0 Å². The molecule has 1 unspecified atom stereocenters. The number of carbonyl (C=O) groups excluding carboxylic acids is 3. The number of unbranched alkanes of at least 4 members (excludes halogenated alkanes) is 26. The van der Waals surface area contributed by atoms with Crippen molar-refractivity contribution in [3.05, 3.63) is 146 Å². The fourth-order valence-corrected chi connectivity index (χ4v) is 9.23. The van der Waals surface area contributed by atoms with Crippen LogP contribution in [0.4, 0.5) is 0 Å². The van der Waals surface area contributed by atoms with Gasteiger partial charge in [0.15, 0.2) is 6.10 Å². The lowest BCUT2D eigenvalue weighted by atomic mass is 10.1. The van der Waals surface area contributed by atoms with Gasteiger partial charge in [0, 0.05) is 19.3 Å². The molecule has 0 aromatic rings. The highest BCUT2D eigenvalue weighted by atomic mass is 16.6. The Kier molecular flexibility index (Phi) is 65.8. The lowest BCUT2D eigenvalue weighted by molar-refractivity contribution is -0.167. The van der Waals surface area contributed by atoms with E-state index in [1.807, 2.05) is 0 Å². The summed E-state index contributed by atoms with van der Waals surface area (Å²) < 4.78 is 17.0. The predicted molar refractivity (Wildman–Crippen MR) is 362 cm³/mol. The van der Waals surface area contributed by atoms with Gasteiger partial charge in [0.1, 0.15) is 13.2 Å². The van der Waals surface area contributed by atoms with Crippen LogP contribution in [0.2, 0.25) is 0 Å². The van der Waals surface area contributed by atoms with E-state index in [0.29, 0.717) is 19.3 Å². The molecule has 0 aliphatic rings. The minimum Gasteiger partial charge on any atom is -0.462 e. The number of hydrogen-bond acceptors (Lipinski definition) is 6. The Bertz CT molecular complexity index is 1800. The third-order valence-corrected chi connectivity index (χ3v) is 14.3. The number of rotatable bonds is 61. The van der Waals surface area contributed by atoms with E-state index in [9.17, 15) is 14.4 Å². The van der Waals surface area contributed by atoms with Crippen LogP contribution in [-0.2, 0) is 28.6 Å². The fraction of sp³-hybridized carbons (Fsp3) is 0.649. The molecule has 0 aromatic carbocycles. The first kappa shape index (κ1) is 78.3. The quantitative estimate of drug-likeness (QED) is 0.0261. The minimum absolute atomic E-state index is 0.0999. The molecule has 0 N–H and O–H groups in total. The third kappa shape index (κ3) is 68.0. The Labute approximate surface area is 512 Å². The van der Waals surface area contributed by atoms with Crippen LogP contribution in [0, 0.1) is 0 Å². The molecule has 0 amide bonds. The molecule has 0 radical (unpaired) electrons. The zero-order valence-electron chi connectivity index (χ0n) is 53.9. The summed E-state index contributed by atoms with van der Waals surface area (Å²) in [6, 6.07) is 0. The second kappa shape index (κ2) is 69.8. The van der Waals surface area contributed by atoms with E-state index in [-0.39, 0.29) is 31.1 Å². The fourth-order valence-electron chi connectivity index (χ4n) is 9.23. The highest BCUT2D eigenvalue weighted by Gasteiger charge is 2.19. The Morgan fingerprint density at radius 3 is 0.747 bits per heavy atom. The predicted octanol–water partition coefficient (Wildman–Crippen LogP) is 23.9. The summed E-state index contributed by atoms with van der Waals surface area (Å²) >= 11 is 0. The summed E-state index contributed by atoms with van der Waals surface area (Å²) in [4.78, 5) is 38.5. The number of esters is 3. The summed E-state index contributed by atoms with van der Waals surface area (Å²) in [6.45, 7) is 6.39. The first-order valence-corrected chi connectivity index (χ1v) is 34.3. The summed E-state index contributed by atoms with van der Waals surface area (Å²) in [6.07, 6.45) is 100.0. The van der Waals surface area contributed by atoms with E-state index < -0.39 is 6.10 Å². The Morgan fingerprint density at radius 1 is 0.253 bits per heavy atom. The smallest absolute Gasteiger partial charge is 0.306 e. The number of ether oxygens (including phenoxy) is 3. The van der Waals surface area contributed by atoms with Gasteiger partial charge < -0.3 is 14.2 Å². The molecule has 83 heavy (non-hydrogen) atoms. The zero-order valence-corrected chi connectivity index (χ0v) is 53.9. The maximum atomic E-state index is 13.0. The molecule has 0 spiro atoms. The van der Waals surface area contributed by atoms with Crippen molar-refractivity contribution < 1.29 is 28.6 Å². The molecule has 0 heterocycles. The molecule has 6 heteroatoms. The molecule has 1 atom stereocenters. The number of hydrogen-bond donors (Lipinski definition) is 0. The van der Waals surface area contributed by atoms with Gasteiger partial charge in [-0.05, 0) is 141 Å². The molecule has 0 saturated carbocycles. The molecule has 0 rings (SSSR count). The molecular formula is C77H126O6. The van der Waals surface area contributed by atoms with Crippen LogP contribution in [-0.4, -0.2) is 37.2 Å². The Balaban J connectivity index is 4.50. The van der Waals surface area contributed by atoms with E-state index in [1.54, 1.807) is 0 Å². The summed E-state index contributed by atoms with van der Waals surface area (Å²) in [7, 11) is 0. The van der Waals surface area contributed by atoms with E-state index >= 15 is 0 Å². The zero-order chi connectivity index (χ0) is 59.9. The van der Waals surface area contributed by atoms with Gasteiger partial charge in [0.2, 0.25) is 0 Å². The molecule has 470 valence electrons. The van der Waals surface area contributed by atoms with Gasteiger partial charge in [-0.2, -0.15) is 0 Å². The average Bonchev–Trinajstić information content (AvgIpc) is 3.49. The Morgan fingerprint density at radius 2 is 0.470 bits per heavy atom. The monoisotopic (exact) mass is 1150 g/mol. The Hall–Kier alpha value is -4.71. The largest absolute Gasteiger partial charge is 0.462 e. The van der Waals surface area contributed by atoms with Crippen LogP contribution in [0.1, 0.15) is 303 Å². The van der Waals surface area contributed by atoms with Crippen molar-refractivity contribution in [2.24, 2.45) is 0 Å². The van der Waals surface area contributed by atoms with Gasteiger partial charge in [-0.15, -0.1) is 0 Å². The molecule has 0 saturated heterocycles. The summed E-state index contributed by atoms with van der Waals surface area (Å²) in [5, 5.41) is 0. The van der Waals surface area contributed by atoms with Crippen LogP contribution in [0.3, 0.4) is 0 Å². The van der Waals surface area contributed by atoms with Crippen molar-refractivity contribution >= 4 is 17.9 Å². The number of carbonyl (C=O) groups is 3. The SMILES string of the molecule is CC/C=C\C/C=C\C/C=C\C/C=C\C/C=C\C/C=C\CCCCCCC(=O)OCC(COC(=O)CCCCCCCCCCC/C=C\CCCCCCCCCC)OC(=O)CCCCCCC/C=C\C/C=C\C/C=C\C/C=C\C/C=C\CC. The van der Waals surface area contributed by atoms with Gasteiger partial charge >= 0.3 is 17.9 Å². The standard InChI is InChI=1S/C77H126O6/c1-4-7-10-13-16-19-22-25-28-31-34-37-38-41-43-46-49-52-55-58-61-64-67-70-76(79)82-73-74(83-77(80)71-68-65-62-59-56-53-50-47-44-40-36-33-30-27-24-21-18-15-12-9-6-3)72-81-75(78)69-66-63-60-57-54-51-48-45-42-39-35-32-29-26-23-20-17-14-11-8-5-2/h7,9-10,12,16,18-19,21,25,27-28,30,32,34-37,40-41,43,47,49-50,52,74H,4-6,8,11,13-15,17,20,22-24,26,29,31,33,38-39,42,44-46,48,51,53-73H2,1-3H3/b10-7-,12-9-,19-16-,21-18-,28-25-,30-27-,35-32-,37-34-,40-36-,43-41-,50-47-,52-49-. The van der Waals surface area contributed by atoms with Crippen molar-refractivity contribution in [1.29, 1.82) is 0 Å². The molecule has 0 bridgehead atoms. The second-order valence-corrected chi connectivity index (χ2v) is 22.3. The number of allylic oxidation sites excluding steroid dienone is 24. The van der Waals surface area contributed by atoms with Crippen molar-refractivity contribution in [1.82, 2.24) is 0 Å². The van der Waals surface area contributed by atoms with Crippen molar-refractivity contribution in [2.75, 3.05) is 13.2 Å². The van der Waals surface area contributed by atoms with Gasteiger partial charge in [-0.1, -0.05) is 289 Å². The molecule has 0 aliphatic heterocycles. The highest BCUT2D eigenvalue weighted by molar-refractivity contribution is 5.71. The second-order valence-electron chi connectivity index (χ2n) is 22.3. The lowest BCUT2D eigenvalue weighted by Crippen LogP contribution is -2.30. The van der Waals surface area contributed by atoms with Crippen molar-refractivity contribution in [3.8, 4) is 0 Å². The van der Waals surface area contributed by atoms with E-state index in [2.05, 4.69) is 167 Å². The van der Waals surface area contributed by atoms with Crippen LogP contribution < -0.4 is 0 Å². The first-order valence-electron chi connectivity index (χ1n) is 34.3. The third-order valence-electron chi connectivity index (χ3n) is 14.3. The van der Waals surface area contributed by atoms with Gasteiger partial charge in [0.25, 0.3) is 0 Å². The lowest BCUT2D eigenvalue weighted by Gasteiger charge is -2.18. The van der Waals surface area contributed by atoms with Gasteiger partial charge in [-0.3, -0.25) is 14.4 Å². The molecule has 6 nitrogen and oxygen atoms in total. The maximum absolute atomic E-state index is 13.0. The highest BCUT2D eigenvalue weighted by Crippen LogP contribution is 2.15. The molecular weight excluding hydrogens is 1020 g/mol.